The van der Waals surface area contributed by atoms with Gasteiger partial charge in [-0.25, -0.2) is 22.0 Å². The van der Waals surface area contributed by atoms with Crippen molar-refractivity contribution in [2.24, 2.45) is 0 Å². The summed E-state index contributed by atoms with van der Waals surface area (Å²) in [6.07, 6.45) is -0.609. The summed E-state index contributed by atoms with van der Waals surface area (Å²) in [4.78, 5) is 28.8. The standard InChI is InChI=1S/C27H31F5N4O2/c1-15(18-5-2-6-19(23(18)28)24(29)30)33-25(38)20-14-36(27(8-9-27)26(31)32)22(37)13-21(20)34-16-7-11-35-10-3-4-17(35)12-16/h2,5-6,13-17,24,26,34H,3-4,7-12H2,1H3,(H,33,38)/t15?,16-,17+/m1/s1. The van der Waals surface area contributed by atoms with Crippen LogP contribution in [0.1, 0.15) is 79.4 Å². The molecule has 11 heteroatoms. The molecule has 3 fully saturated rings. The van der Waals surface area contributed by atoms with Gasteiger partial charge in [0.15, 0.2) is 0 Å². The number of carbonyl (C=O) groups is 1. The molecule has 5 rings (SSSR count). The third-order valence-corrected chi connectivity index (χ3v) is 8.23. The van der Waals surface area contributed by atoms with Gasteiger partial charge in [-0.1, -0.05) is 18.2 Å². The average molecular weight is 539 g/mol. The van der Waals surface area contributed by atoms with Gasteiger partial charge in [-0.15, -0.1) is 0 Å². The van der Waals surface area contributed by atoms with Crippen molar-refractivity contribution in [1.82, 2.24) is 14.8 Å². The van der Waals surface area contributed by atoms with Crippen LogP contribution in [0.5, 0.6) is 0 Å². The highest BCUT2D eigenvalue weighted by atomic mass is 19.3. The summed E-state index contributed by atoms with van der Waals surface area (Å²) in [5.41, 5.74) is -2.99. The van der Waals surface area contributed by atoms with Crippen molar-refractivity contribution >= 4 is 11.6 Å². The molecule has 0 spiro atoms. The summed E-state index contributed by atoms with van der Waals surface area (Å²) in [7, 11) is 0. The van der Waals surface area contributed by atoms with Crippen molar-refractivity contribution in [3.63, 3.8) is 0 Å². The number of fused-ring (bicyclic) bond motifs is 1. The smallest absolute Gasteiger partial charge is 0.266 e. The zero-order valence-corrected chi connectivity index (χ0v) is 21.0. The molecule has 3 aliphatic rings. The number of benzene rings is 1. The van der Waals surface area contributed by atoms with E-state index in [4.69, 9.17) is 0 Å². The average Bonchev–Trinajstić information content (AvgIpc) is 3.55. The zero-order chi connectivity index (χ0) is 27.2. The molecule has 1 aromatic carbocycles. The van der Waals surface area contributed by atoms with E-state index in [9.17, 15) is 31.5 Å². The molecule has 2 aromatic rings. The third-order valence-electron chi connectivity index (χ3n) is 8.23. The molecule has 3 atom stereocenters. The molecule has 2 N–H and O–H groups in total. The minimum atomic E-state index is -3.02. The van der Waals surface area contributed by atoms with Crippen LogP contribution in [-0.4, -0.2) is 47.0 Å². The van der Waals surface area contributed by atoms with E-state index < -0.39 is 47.3 Å². The second-order valence-corrected chi connectivity index (χ2v) is 10.7. The molecule has 1 aliphatic carbocycles. The number of nitrogens with one attached hydrogen (secondary N) is 2. The monoisotopic (exact) mass is 538 g/mol. The van der Waals surface area contributed by atoms with Crippen LogP contribution in [0, 0.1) is 5.82 Å². The fourth-order valence-corrected chi connectivity index (χ4v) is 5.87. The lowest BCUT2D eigenvalue weighted by Gasteiger charge is -2.36. The van der Waals surface area contributed by atoms with E-state index in [2.05, 4.69) is 15.5 Å². The lowest BCUT2D eigenvalue weighted by atomic mass is 9.97. The summed E-state index contributed by atoms with van der Waals surface area (Å²) in [6.45, 7) is 3.39. The highest BCUT2D eigenvalue weighted by Gasteiger charge is 2.53. The number of halogens is 5. The highest BCUT2D eigenvalue weighted by Crippen LogP contribution is 2.48. The van der Waals surface area contributed by atoms with Crippen molar-refractivity contribution in [1.29, 1.82) is 0 Å². The van der Waals surface area contributed by atoms with Gasteiger partial charge >= 0.3 is 0 Å². The van der Waals surface area contributed by atoms with Crippen LogP contribution in [0.15, 0.2) is 35.3 Å². The summed E-state index contributed by atoms with van der Waals surface area (Å²) in [5.74, 6) is -1.84. The number of carbonyl (C=O) groups excluding carboxylic acids is 1. The maximum atomic E-state index is 14.7. The van der Waals surface area contributed by atoms with Crippen LogP contribution < -0.4 is 16.2 Å². The van der Waals surface area contributed by atoms with E-state index in [1.165, 1.54) is 25.1 Å². The Balaban J connectivity index is 1.45. The summed E-state index contributed by atoms with van der Waals surface area (Å²) in [6, 6.07) is 4.14. The Morgan fingerprint density at radius 3 is 2.53 bits per heavy atom. The van der Waals surface area contributed by atoms with Crippen LogP contribution >= 0.6 is 0 Å². The third kappa shape index (κ3) is 4.92. The fourth-order valence-electron chi connectivity index (χ4n) is 5.87. The number of hydrogen-bond donors (Lipinski definition) is 2. The molecule has 0 bridgehead atoms. The molecule has 1 saturated carbocycles. The molecule has 3 heterocycles. The fraction of sp³-hybridized carbons (Fsp3) is 0.556. The Kier molecular flexibility index (Phi) is 7.23. The van der Waals surface area contributed by atoms with Crippen molar-refractivity contribution in [2.45, 2.75) is 82.0 Å². The first-order valence-corrected chi connectivity index (χ1v) is 13.0. The first-order valence-electron chi connectivity index (χ1n) is 13.0. The van der Waals surface area contributed by atoms with Gasteiger partial charge in [-0.05, 0) is 52.0 Å². The molecule has 1 amide bonds. The molecule has 2 saturated heterocycles. The van der Waals surface area contributed by atoms with Gasteiger partial charge in [-0.2, -0.15) is 0 Å². The number of piperidine rings is 1. The number of pyridine rings is 1. The van der Waals surface area contributed by atoms with Gasteiger partial charge in [0.05, 0.1) is 22.9 Å². The van der Waals surface area contributed by atoms with E-state index in [-0.39, 0.29) is 35.7 Å². The molecular formula is C27H31F5N4O2. The first kappa shape index (κ1) is 26.6. The quantitative estimate of drug-likeness (QED) is 0.453. The zero-order valence-electron chi connectivity index (χ0n) is 21.0. The number of aromatic nitrogens is 1. The van der Waals surface area contributed by atoms with Crippen molar-refractivity contribution in [2.75, 3.05) is 18.4 Å². The van der Waals surface area contributed by atoms with Crippen molar-refractivity contribution in [3.8, 4) is 0 Å². The SMILES string of the molecule is CC(NC(=O)c1cn(C2(C(F)F)CC2)c(=O)cc1N[C@@H]1CCN2CCC[C@H]2C1)c1cccc(C(F)F)c1F. The number of hydrogen-bond acceptors (Lipinski definition) is 4. The normalized spacial score (nSPS) is 23.4. The Labute approximate surface area is 217 Å². The van der Waals surface area contributed by atoms with Crippen molar-refractivity contribution in [3.05, 3.63) is 63.3 Å². The number of anilines is 1. The number of nitrogens with zero attached hydrogens (tertiary/aromatic N) is 2. The lowest BCUT2D eigenvalue weighted by molar-refractivity contribution is 0.0648. The first-order chi connectivity index (χ1) is 18.1. The molecule has 38 heavy (non-hydrogen) atoms. The Bertz CT molecular complexity index is 1260. The predicted octanol–water partition coefficient (Wildman–Crippen LogP) is 5.21. The van der Waals surface area contributed by atoms with Crippen LogP contribution in [0.4, 0.5) is 27.6 Å². The Morgan fingerprint density at radius 2 is 1.84 bits per heavy atom. The molecule has 6 nitrogen and oxygen atoms in total. The Morgan fingerprint density at radius 1 is 1.11 bits per heavy atom. The molecule has 1 unspecified atom stereocenters. The Hall–Kier alpha value is -2.95. The number of rotatable bonds is 8. The van der Waals surface area contributed by atoms with E-state index in [0.29, 0.717) is 6.04 Å². The van der Waals surface area contributed by atoms with Crippen LogP contribution in [-0.2, 0) is 5.54 Å². The molecule has 206 valence electrons. The molecule has 0 radical (unpaired) electrons. The van der Waals surface area contributed by atoms with Gasteiger partial charge in [0.25, 0.3) is 24.3 Å². The van der Waals surface area contributed by atoms with Crippen molar-refractivity contribution < 1.29 is 26.7 Å². The minimum Gasteiger partial charge on any atom is -0.381 e. The molecular weight excluding hydrogens is 507 g/mol. The van der Waals surface area contributed by atoms with Gasteiger partial charge < -0.3 is 20.1 Å². The summed E-state index contributed by atoms with van der Waals surface area (Å²) >= 11 is 0. The highest BCUT2D eigenvalue weighted by molar-refractivity contribution is 5.99. The van der Waals surface area contributed by atoms with E-state index >= 15 is 0 Å². The van der Waals surface area contributed by atoms with Crippen LogP contribution in [0.3, 0.4) is 0 Å². The minimum absolute atomic E-state index is 0.0151. The largest absolute Gasteiger partial charge is 0.381 e. The van der Waals surface area contributed by atoms with Gasteiger partial charge in [0.1, 0.15) is 11.4 Å². The summed E-state index contributed by atoms with van der Waals surface area (Å²) < 4.78 is 69.8. The second-order valence-electron chi connectivity index (χ2n) is 10.7. The van der Waals surface area contributed by atoms with Gasteiger partial charge in [0.2, 0.25) is 0 Å². The van der Waals surface area contributed by atoms with E-state index in [1.807, 2.05) is 0 Å². The lowest BCUT2D eigenvalue weighted by Crippen LogP contribution is -2.43. The second kappa shape index (κ2) is 10.3. The maximum Gasteiger partial charge on any atom is 0.266 e. The van der Waals surface area contributed by atoms with Crippen LogP contribution in [0.2, 0.25) is 0 Å². The maximum absolute atomic E-state index is 14.7. The molecule has 1 aromatic heterocycles. The number of alkyl halides is 4. The topological polar surface area (TPSA) is 66.4 Å². The summed E-state index contributed by atoms with van der Waals surface area (Å²) in [5, 5.41) is 5.91. The van der Waals surface area contributed by atoms with E-state index in [0.717, 1.165) is 55.6 Å². The van der Waals surface area contributed by atoms with Gasteiger partial charge in [0, 0.05) is 36.5 Å². The number of amides is 1. The van der Waals surface area contributed by atoms with E-state index in [1.54, 1.807) is 0 Å². The predicted molar refractivity (Wildman–Crippen MR) is 132 cm³/mol. The van der Waals surface area contributed by atoms with Gasteiger partial charge in [-0.3, -0.25) is 9.59 Å². The molecule has 2 aliphatic heterocycles. The van der Waals surface area contributed by atoms with Crippen LogP contribution in [0.25, 0.3) is 0 Å².